The van der Waals surface area contributed by atoms with Gasteiger partial charge in [-0.2, -0.15) is 15.8 Å². The Kier molecular flexibility index (Phi) is 4.27. The third-order valence-electron chi connectivity index (χ3n) is 4.75. The van der Waals surface area contributed by atoms with Crippen LogP contribution in [0.4, 0.5) is 0 Å². The summed E-state index contributed by atoms with van der Waals surface area (Å²) < 4.78 is 0. The van der Waals surface area contributed by atoms with Gasteiger partial charge in [-0.25, -0.2) is 0 Å². The van der Waals surface area contributed by atoms with Crippen LogP contribution >= 0.6 is 0 Å². The summed E-state index contributed by atoms with van der Waals surface area (Å²) in [6, 6.07) is 6.42. The van der Waals surface area contributed by atoms with Crippen molar-refractivity contribution >= 4 is 0 Å². The monoisotopic (exact) mass is 295 g/mol. The first-order valence-electron chi connectivity index (χ1n) is 7.53. The third-order valence-corrected chi connectivity index (χ3v) is 4.75. The molecule has 0 aromatic rings. The van der Waals surface area contributed by atoms with Crippen LogP contribution in [0.25, 0.3) is 0 Å². The highest BCUT2D eigenvalue weighted by Gasteiger charge is 2.53. The highest BCUT2D eigenvalue weighted by Crippen LogP contribution is 2.51. The maximum atomic E-state index is 9.74. The SMILES string of the molecule is CC(C)CC1C2CN(C)CC=C2C(C#N)=C(N)C1(C#N)C#N. The molecule has 114 valence electrons. The first-order chi connectivity index (χ1) is 10.4. The molecule has 0 fully saturated rings. The predicted octanol–water partition coefficient (Wildman–Crippen LogP) is 1.92. The summed E-state index contributed by atoms with van der Waals surface area (Å²) in [7, 11) is 2.01. The highest BCUT2D eigenvalue weighted by atomic mass is 15.1. The Labute approximate surface area is 131 Å². The van der Waals surface area contributed by atoms with Crippen LogP contribution in [0.5, 0.6) is 0 Å². The Hall–Kier alpha value is -2.29. The fourth-order valence-corrected chi connectivity index (χ4v) is 3.68. The van der Waals surface area contributed by atoms with Crippen molar-refractivity contribution in [2.24, 2.45) is 28.9 Å². The van der Waals surface area contributed by atoms with Crippen LogP contribution in [0, 0.1) is 57.2 Å². The molecule has 5 nitrogen and oxygen atoms in total. The molecule has 0 saturated heterocycles. The van der Waals surface area contributed by atoms with Crippen LogP contribution in [-0.2, 0) is 0 Å². The third kappa shape index (κ3) is 2.27. The van der Waals surface area contributed by atoms with Gasteiger partial charge in [0.2, 0.25) is 0 Å². The number of rotatable bonds is 2. The van der Waals surface area contributed by atoms with Crippen molar-refractivity contribution in [1.82, 2.24) is 4.90 Å². The number of allylic oxidation sites excluding steroid dienone is 2. The molecule has 2 aliphatic rings. The molecule has 22 heavy (non-hydrogen) atoms. The van der Waals surface area contributed by atoms with E-state index in [1.165, 1.54) is 0 Å². The fraction of sp³-hybridized carbons (Fsp3) is 0.588. The zero-order chi connectivity index (χ0) is 16.5. The van der Waals surface area contributed by atoms with E-state index >= 15 is 0 Å². The van der Waals surface area contributed by atoms with Gasteiger partial charge in [0.1, 0.15) is 6.07 Å². The molecule has 2 atom stereocenters. The molecule has 2 N–H and O–H groups in total. The number of hydrogen-bond acceptors (Lipinski definition) is 5. The smallest absolute Gasteiger partial charge is 0.187 e. The normalized spacial score (nSPS) is 27.4. The van der Waals surface area contributed by atoms with Crippen molar-refractivity contribution in [3.05, 3.63) is 22.9 Å². The minimum atomic E-state index is -1.41. The summed E-state index contributed by atoms with van der Waals surface area (Å²) in [5, 5.41) is 29.0. The Morgan fingerprint density at radius 2 is 2.00 bits per heavy atom. The molecule has 0 bridgehead atoms. The van der Waals surface area contributed by atoms with Crippen LogP contribution in [-0.4, -0.2) is 25.0 Å². The van der Waals surface area contributed by atoms with E-state index < -0.39 is 5.41 Å². The number of nitriles is 3. The van der Waals surface area contributed by atoms with E-state index in [1.54, 1.807) is 0 Å². The maximum Gasteiger partial charge on any atom is 0.187 e. The second kappa shape index (κ2) is 5.84. The molecule has 2 rings (SSSR count). The molecule has 0 spiro atoms. The Morgan fingerprint density at radius 3 is 2.50 bits per heavy atom. The second-order valence-corrected chi connectivity index (χ2v) is 6.66. The molecule has 0 amide bonds. The maximum absolute atomic E-state index is 9.74. The van der Waals surface area contributed by atoms with E-state index in [0.717, 1.165) is 25.1 Å². The topological polar surface area (TPSA) is 101 Å². The van der Waals surface area contributed by atoms with Crippen molar-refractivity contribution in [2.75, 3.05) is 20.1 Å². The summed E-state index contributed by atoms with van der Waals surface area (Å²) >= 11 is 0. The second-order valence-electron chi connectivity index (χ2n) is 6.66. The van der Waals surface area contributed by atoms with Gasteiger partial charge < -0.3 is 10.6 Å². The molecule has 0 aromatic carbocycles. The molecule has 5 heteroatoms. The zero-order valence-electron chi connectivity index (χ0n) is 13.3. The average molecular weight is 295 g/mol. The minimum absolute atomic E-state index is 0.00222. The zero-order valence-corrected chi connectivity index (χ0v) is 13.3. The van der Waals surface area contributed by atoms with E-state index in [0.29, 0.717) is 11.5 Å². The molecule has 1 aliphatic heterocycles. The predicted molar refractivity (Wildman–Crippen MR) is 82.5 cm³/mol. The molecule has 2 unspecified atom stereocenters. The summed E-state index contributed by atoms with van der Waals surface area (Å²) in [6.07, 6.45) is 2.75. The first kappa shape index (κ1) is 16.1. The minimum Gasteiger partial charge on any atom is -0.399 e. The number of nitrogens with two attached hydrogens (primary N) is 1. The van der Waals surface area contributed by atoms with E-state index in [-0.39, 0.29) is 17.5 Å². The van der Waals surface area contributed by atoms with Gasteiger partial charge in [0, 0.05) is 24.9 Å². The lowest BCUT2D eigenvalue weighted by atomic mass is 9.58. The van der Waals surface area contributed by atoms with Crippen LogP contribution in [0.1, 0.15) is 20.3 Å². The largest absolute Gasteiger partial charge is 0.399 e. The Bertz CT molecular complexity index is 636. The summed E-state index contributed by atoms with van der Waals surface area (Å²) in [5.74, 6) is 0.159. The van der Waals surface area contributed by atoms with Gasteiger partial charge in [0.05, 0.1) is 23.4 Å². The van der Waals surface area contributed by atoms with Gasteiger partial charge in [-0.1, -0.05) is 19.9 Å². The van der Waals surface area contributed by atoms with Crippen molar-refractivity contribution in [3.63, 3.8) is 0 Å². The lowest BCUT2D eigenvalue weighted by Gasteiger charge is -2.45. The molecular weight excluding hydrogens is 274 g/mol. The molecule has 0 aromatic heterocycles. The van der Waals surface area contributed by atoms with Crippen LogP contribution in [0.15, 0.2) is 22.9 Å². The van der Waals surface area contributed by atoms with Crippen molar-refractivity contribution in [2.45, 2.75) is 20.3 Å². The van der Waals surface area contributed by atoms with Gasteiger partial charge in [-0.05, 0) is 25.0 Å². The Morgan fingerprint density at radius 1 is 1.36 bits per heavy atom. The number of hydrogen-bond donors (Lipinski definition) is 1. The van der Waals surface area contributed by atoms with E-state index in [1.807, 2.05) is 13.1 Å². The van der Waals surface area contributed by atoms with Crippen LogP contribution < -0.4 is 5.73 Å². The van der Waals surface area contributed by atoms with Gasteiger partial charge in [-0.15, -0.1) is 0 Å². The quantitative estimate of drug-likeness (QED) is 0.838. The molecular formula is C17H21N5. The number of fused-ring (bicyclic) bond motifs is 1. The molecule has 1 heterocycles. The van der Waals surface area contributed by atoms with Gasteiger partial charge >= 0.3 is 0 Å². The van der Waals surface area contributed by atoms with E-state index in [2.05, 4.69) is 37.0 Å². The van der Waals surface area contributed by atoms with E-state index in [9.17, 15) is 15.8 Å². The standard InChI is InChI=1S/C17H21N5/c1-11(2)6-15-14-8-22(3)5-4-12(14)13(7-18)16(21)17(15,9-19)10-20/h4,11,14-15H,5-6,8,21H2,1-3H3. The van der Waals surface area contributed by atoms with Crippen molar-refractivity contribution in [1.29, 1.82) is 15.8 Å². The van der Waals surface area contributed by atoms with Gasteiger partial charge in [0.25, 0.3) is 0 Å². The first-order valence-corrected chi connectivity index (χ1v) is 7.53. The van der Waals surface area contributed by atoms with Crippen LogP contribution in [0.3, 0.4) is 0 Å². The highest BCUT2D eigenvalue weighted by molar-refractivity contribution is 5.56. The van der Waals surface area contributed by atoms with Crippen molar-refractivity contribution in [3.8, 4) is 18.2 Å². The average Bonchev–Trinajstić information content (AvgIpc) is 2.49. The lowest BCUT2D eigenvalue weighted by Crippen LogP contribution is -2.48. The van der Waals surface area contributed by atoms with Crippen molar-refractivity contribution < 1.29 is 0 Å². The fourth-order valence-electron chi connectivity index (χ4n) is 3.68. The lowest BCUT2D eigenvalue weighted by molar-refractivity contribution is 0.163. The van der Waals surface area contributed by atoms with E-state index in [4.69, 9.17) is 5.73 Å². The molecule has 1 aliphatic carbocycles. The van der Waals surface area contributed by atoms with Gasteiger partial charge in [-0.3, -0.25) is 0 Å². The summed E-state index contributed by atoms with van der Waals surface area (Å²) in [4.78, 5) is 2.15. The van der Waals surface area contributed by atoms with Crippen LogP contribution in [0.2, 0.25) is 0 Å². The summed E-state index contributed by atoms with van der Waals surface area (Å²) in [6.45, 7) is 5.65. The molecule has 0 saturated carbocycles. The Balaban J connectivity index is 2.71. The summed E-state index contributed by atoms with van der Waals surface area (Å²) in [5.41, 5.74) is 6.14. The number of likely N-dealkylation sites (N-methyl/N-ethyl adjacent to an activating group) is 1. The number of nitrogens with zero attached hydrogens (tertiary/aromatic N) is 4. The molecule has 0 radical (unpaired) electrons. The van der Waals surface area contributed by atoms with Gasteiger partial charge in [0.15, 0.2) is 5.41 Å².